The summed E-state index contributed by atoms with van der Waals surface area (Å²) in [5, 5.41) is 9.98. The highest BCUT2D eigenvalue weighted by molar-refractivity contribution is 5.54. The molecule has 0 saturated heterocycles. The van der Waals surface area contributed by atoms with E-state index < -0.39 is 0 Å². The van der Waals surface area contributed by atoms with Gasteiger partial charge in [0, 0.05) is 5.92 Å². The second-order valence-corrected chi connectivity index (χ2v) is 4.56. The van der Waals surface area contributed by atoms with E-state index in [1.54, 1.807) is 21.3 Å². The Hall–Kier alpha value is -1.42. The quantitative estimate of drug-likeness (QED) is 0.893. The van der Waals surface area contributed by atoms with Crippen molar-refractivity contribution >= 4 is 0 Å². The Kier molecular flexibility index (Phi) is 3.97. The van der Waals surface area contributed by atoms with Crippen LogP contribution in [0, 0.1) is 0 Å². The predicted octanol–water partition coefficient (Wildman–Crippen LogP) is 2.34. The van der Waals surface area contributed by atoms with Gasteiger partial charge < -0.3 is 19.3 Å². The summed E-state index contributed by atoms with van der Waals surface area (Å²) < 4.78 is 15.9. The lowest BCUT2D eigenvalue weighted by atomic mass is 9.95. The van der Waals surface area contributed by atoms with E-state index in [0.717, 1.165) is 24.8 Å². The summed E-state index contributed by atoms with van der Waals surface area (Å²) in [7, 11) is 4.79. The highest BCUT2D eigenvalue weighted by atomic mass is 16.5. The first-order valence-electron chi connectivity index (χ1n) is 6.19. The smallest absolute Gasteiger partial charge is 0.203 e. The Bertz CT molecular complexity index is 391. The number of methoxy groups -OCH3 is 3. The highest BCUT2D eigenvalue weighted by Crippen LogP contribution is 2.43. The van der Waals surface area contributed by atoms with Gasteiger partial charge in [-0.3, -0.25) is 0 Å². The van der Waals surface area contributed by atoms with Crippen molar-refractivity contribution in [1.29, 1.82) is 0 Å². The van der Waals surface area contributed by atoms with Crippen LogP contribution in [0.2, 0.25) is 0 Å². The van der Waals surface area contributed by atoms with E-state index in [-0.39, 0.29) is 12.0 Å². The minimum absolute atomic E-state index is 0.165. The molecule has 0 unspecified atom stereocenters. The molecule has 0 spiro atoms. The van der Waals surface area contributed by atoms with Crippen molar-refractivity contribution in [3.63, 3.8) is 0 Å². The maximum absolute atomic E-state index is 9.98. The van der Waals surface area contributed by atoms with Gasteiger partial charge in [0.25, 0.3) is 0 Å². The van der Waals surface area contributed by atoms with Crippen LogP contribution >= 0.6 is 0 Å². The summed E-state index contributed by atoms with van der Waals surface area (Å²) in [5.41, 5.74) is 1.05. The molecular formula is C14H20O4. The van der Waals surface area contributed by atoms with Gasteiger partial charge in [-0.1, -0.05) is 6.42 Å². The lowest BCUT2D eigenvalue weighted by Crippen LogP contribution is -2.11. The fourth-order valence-electron chi connectivity index (χ4n) is 2.64. The largest absolute Gasteiger partial charge is 0.493 e. The molecule has 100 valence electrons. The molecule has 1 fully saturated rings. The highest BCUT2D eigenvalue weighted by Gasteiger charge is 2.28. The van der Waals surface area contributed by atoms with Crippen molar-refractivity contribution in [3.8, 4) is 17.2 Å². The van der Waals surface area contributed by atoms with Gasteiger partial charge in [0.2, 0.25) is 5.75 Å². The molecule has 0 radical (unpaired) electrons. The van der Waals surface area contributed by atoms with E-state index >= 15 is 0 Å². The molecule has 2 atom stereocenters. The topological polar surface area (TPSA) is 47.9 Å². The summed E-state index contributed by atoms with van der Waals surface area (Å²) in [6.07, 6.45) is 2.65. The third-order valence-corrected chi connectivity index (χ3v) is 3.59. The average Bonchev–Trinajstić information content (AvgIpc) is 2.83. The Morgan fingerprint density at radius 1 is 1.00 bits per heavy atom. The van der Waals surface area contributed by atoms with E-state index in [1.807, 2.05) is 12.1 Å². The van der Waals surface area contributed by atoms with Crippen LogP contribution in [0.4, 0.5) is 0 Å². The average molecular weight is 252 g/mol. The van der Waals surface area contributed by atoms with E-state index in [4.69, 9.17) is 14.2 Å². The second kappa shape index (κ2) is 5.48. The molecule has 1 aromatic rings. The van der Waals surface area contributed by atoms with Crippen molar-refractivity contribution in [3.05, 3.63) is 17.7 Å². The molecule has 18 heavy (non-hydrogen) atoms. The number of aliphatic hydroxyl groups excluding tert-OH is 1. The van der Waals surface area contributed by atoms with Gasteiger partial charge in [0.1, 0.15) is 0 Å². The molecule has 1 aliphatic rings. The van der Waals surface area contributed by atoms with Gasteiger partial charge in [0.05, 0.1) is 27.4 Å². The Balaban J connectivity index is 2.42. The molecular weight excluding hydrogens is 232 g/mol. The van der Waals surface area contributed by atoms with Crippen LogP contribution in [0.5, 0.6) is 17.2 Å². The second-order valence-electron chi connectivity index (χ2n) is 4.56. The SMILES string of the molecule is COc1cc([C@H]2CCC[C@@H]2O)cc(OC)c1OC. The molecule has 1 aromatic carbocycles. The summed E-state index contributed by atoms with van der Waals surface area (Å²) in [4.78, 5) is 0. The molecule has 0 aliphatic heterocycles. The first-order valence-corrected chi connectivity index (χ1v) is 6.19. The molecule has 4 heteroatoms. The minimum atomic E-state index is -0.271. The summed E-state index contributed by atoms with van der Waals surface area (Å²) >= 11 is 0. The van der Waals surface area contributed by atoms with Crippen molar-refractivity contribution < 1.29 is 19.3 Å². The summed E-state index contributed by atoms with van der Waals surface area (Å²) in [5.74, 6) is 2.05. The Labute approximate surface area is 107 Å². The van der Waals surface area contributed by atoms with Gasteiger partial charge in [-0.05, 0) is 30.5 Å². The summed E-state index contributed by atoms with van der Waals surface area (Å²) in [6, 6.07) is 3.86. The first-order chi connectivity index (χ1) is 8.71. The first kappa shape index (κ1) is 13.0. The third kappa shape index (κ3) is 2.25. The maximum Gasteiger partial charge on any atom is 0.203 e. The lowest BCUT2D eigenvalue weighted by Gasteiger charge is -2.19. The molecule has 4 nitrogen and oxygen atoms in total. The molecule has 0 bridgehead atoms. The zero-order chi connectivity index (χ0) is 13.1. The van der Waals surface area contributed by atoms with Gasteiger partial charge in [-0.25, -0.2) is 0 Å². The van der Waals surface area contributed by atoms with Gasteiger partial charge in [-0.15, -0.1) is 0 Å². The standard InChI is InChI=1S/C14H20O4/c1-16-12-7-9(10-5-4-6-11(10)15)8-13(17-2)14(12)18-3/h7-8,10-11,15H,4-6H2,1-3H3/t10-,11+/m1/s1. The van der Waals surface area contributed by atoms with Gasteiger partial charge in [-0.2, -0.15) is 0 Å². The van der Waals surface area contributed by atoms with Crippen LogP contribution in [0.25, 0.3) is 0 Å². The van der Waals surface area contributed by atoms with Crippen LogP contribution in [0.15, 0.2) is 12.1 Å². The molecule has 0 amide bonds. The molecule has 0 heterocycles. The van der Waals surface area contributed by atoms with Crippen LogP contribution in [-0.2, 0) is 0 Å². The van der Waals surface area contributed by atoms with E-state index in [9.17, 15) is 5.11 Å². The van der Waals surface area contributed by atoms with E-state index in [2.05, 4.69) is 0 Å². The van der Waals surface area contributed by atoms with Gasteiger partial charge in [0.15, 0.2) is 11.5 Å². The zero-order valence-corrected chi connectivity index (χ0v) is 11.1. The Morgan fingerprint density at radius 3 is 2.00 bits per heavy atom. The fraction of sp³-hybridized carbons (Fsp3) is 0.571. The van der Waals surface area contributed by atoms with Crippen LogP contribution in [0.1, 0.15) is 30.7 Å². The van der Waals surface area contributed by atoms with E-state index in [0.29, 0.717) is 17.2 Å². The minimum Gasteiger partial charge on any atom is -0.493 e. The third-order valence-electron chi connectivity index (χ3n) is 3.59. The van der Waals surface area contributed by atoms with Crippen LogP contribution in [-0.4, -0.2) is 32.5 Å². The normalized spacial score (nSPS) is 22.9. The van der Waals surface area contributed by atoms with E-state index in [1.165, 1.54) is 0 Å². The van der Waals surface area contributed by atoms with Crippen molar-refractivity contribution in [2.45, 2.75) is 31.3 Å². The maximum atomic E-state index is 9.98. The van der Waals surface area contributed by atoms with Crippen molar-refractivity contribution in [1.82, 2.24) is 0 Å². The number of benzene rings is 1. The number of hydrogen-bond donors (Lipinski definition) is 1. The Morgan fingerprint density at radius 2 is 1.61 bits per heavy atom. The van der Waals surface area contributed by atoms with Crippen molar-refractivity contribution in [2.75, 3.05) is 21.3 Å². The van der Waals surface area contributed by atoms with Gasteiger partial charge >= 0.3 is 0 Å². The molecule has 0 aromatic heterocycles. The molecule has 1 saturated carbocycles. The molecule has 2 rings (SSSR count). The number of rotatable bonds is 4. The monoisotopic (exact) mass is 252 g/mol. The number of ether oxygens (including phenoxy) is 3. The summed E-state index contributed by atoms with van der Waals surface area (Å²) in [6.45, 7) is 0. The molecule has 1 N–H and O–H groups in total. The van der Waals surface area contributed by atoms with Crippen LogP contribution < -0.4 is 14.2 Å². The molecule has 1 aliphatic carbocycles. The zero-order valence-electron chi connectivity index (χ0n) is 11.1. The lowest BCUT2D eigenvalue weighted by molar-refractivity contribution is 0.163. The number of hydrogen-bond acceptors (Lipinski definition) is 4. The number of aliphatic hydroxyl groups is 1. The predicted molar refractivity (Wildman–Crippen MR) is 68.7 cm³/mol. The fourth-order valence-corrected chi connectivity index (χ4v) is 2.64. The van der Waals surface area contributed by atoms with Crippen LogP contribution in [0.3, 0.4) is 0 Å². The van der Waals surface area contributed by atoms with Crippen molar-refractivity contribution in [2.24, 2.45) is 0 Å².